The molecule has 0 aliphatic carbocycles. The van der Waals surface area contributed by atoms with Crippen molar-refractivity contribution in [2.75, 3.05) is 36.8 Å². The molecule has 1 N–H and O–H groups in total. The first-order valence-electron chi connectivity index (χ1n) is 9.33. The fourth-order valence-electron chi connectivity index (χ4n) is 3.43. The van der Waals surface area contributed by atoms with Crippen LogP contribution in [0.25, 0.3) is 0 Å². The Kier molecular flexibility index (Phi) is 6.01. The molecular weight excluding hydrogens is 430 g/mol. The van der Waals surface area contributed by atoms with Crippen LogP contribution in [0.15, 0.2) is 38.8 Å². The lowest BCUT2D eigenvalue weighted by atomic mass is 10.0. The Labute approximate surface area is 177 Å². The maximum absolute atomic E-state index is 13.0. The van der Waals surface area contributed by atoms with Gasteiger partial charge < -0.3 is 4.90 Å². The molecule has 0 amide bonds. The molecule has 7 nitrogen and oxygen atoms in total. The summed E-state index contributed by atoms with van der Waals surface area (Å²) in [5.41, 5.74) is 2.38. The van der Waals surface area contributed by atoms with Crippen molar-refractivity contribution < 1.29 is 16.8 Å². The summed E-state index contributed by atoms with van der Waals surface area (Å²) in [6.07, 6.45) is 0. The third kappa shape index (κ3) is 4.30. The van der Waals surface area contributed by atoms with Crippen LogP contribution >= 0.6 is 11.3 Å². The lowest BCUT2D eigenvalue weighted by Gasteiger charge is -2.24. The largest absolute Gasteiger partial charge is 0.369 e. The second kappa shape index (κ2) is 7.90. The van der Waals surface area contributed by atoms with Crippen LogP contribution < -0.4 is 9.62 Å². The number of nitrogens with zero attached hydrogens (tertiary/aromatic N) is 2. The van der Waals surface area contributed by atoms with Crippen LogP contribution in [0.2, 0.25) is 0 Å². The molecule has 0 saturated carbocycles. The summed E-state index contributed by atoms with van der Waals surface area (Å²) < 4.78 is 54.2. The third-order valence-corrected chi connectivity index (χ3v) is 10.6. The molecule has 10 heteroatoms. The number of nitrogens with one attached hydrogen (secondary N) is 1. The molecule has 2 aromatic rings. The van der Waals surface area contributed by atoms with Gasteiger partial charge in [-0.15, -0.1) is 11.3 Å². The zero-order valence-electron chi connectivity index (χ0n) is 17.2. The van der Waals surface area contributed by atoms with Crippen molar-refractivity contribution in [3.63, 3.8) is 0 Å². The molecule has 1 aliphatic heterocycles. The van der Waals surface area contributed by atoms with E-state index in [-0.39, 0.29) is 8.42 Å². The van der Waals surface area contributed by atoms with Gasteiger partial charge >= 0.3 is 0 Å². The van der Waals surface area contributed by atoms with Crippen LogP contribution in [0.4, 0.5) is 11.4 Å². The number of rotatable bonds is 6. The molecule has 1 aromatic carbocycles. The Hall–Kier alpha value is -1.62. The van der Waals surface area contributed by atoms with Gasteiger partial charge in [0.15, 0.2) is 0 Å². The minimum Gasteiger partial charge on any atom is -0.369 e. The summed E-state index contributed by atoms with van der Waals surface area (Å²) >= 11 is 0.744. The highest BCUT2D eigenvalue weighted by atomic mass is 32.3. The smallest absolute Gasteiger partial charge is 0.271 e. The molecular formula is C19H27N3O4S3. The molecule has 2 atom stereocenters. The molecule has 1 saturated heterocycles. The first-order valence-corrected chi connectivity index (χ1v) is 13.1. The zero-order chi connectivity index (χ0) is 21.6. The second-order valence-electron chi connectivity index (χ2n) is 7.80. The van der Waals surface area contributed by atoms with Gasteiger partial charge in [-0.1, -0.05) is 26.0 Å². The van der Waals surface area contributed by atoms with Crippen molar-refractivity contribution in [2.45, 2.75) is 29.2 Å². The molecule has 0 bridgehead atoms. The van der Waals surface area contributed by atoms with E-state index < -0.39 is 20.0 Å². The third-order valence-electron chi connectivity index (χ3n) is 5.34. The quantitative estimate of drug-likeness (QED) is 0.720. The molecule has 1 fully saturated rings. The molecule has 160 valence electrons. The lowest BCUT2D eigenvalue weighted by Crippen LogP contribution is -2.23. The first kappa shape index (κ1) is 22.1. The van der Waals surface area contributed by atoms with Gasteiger partial charge in [-0.25, -0.2) is 21.1 Å². The standard InChI is InChI=1S/C19H27N3O4S3/c1-13-7-6-8-16(19(13)22-11-14(2)15(3)12-22)20-28(23,24)17-9-10-18(27-17)29(25,26)21(4)5/h6-10,14-15,20H,11-12H2,1-5H3/t14-,15+. The minimum atomic E-state index is -3.92. The molecule has 1 aliphatic rings. The minimum absolute atomic E-state index is 0.00506. The van der Waals surface area contributed by atoms with E-state index in [0.29, 0.717) is 17.5 Å². The number of sulfonamides is 2. The van der Waals surface area contributed by atoms with E-state index in [1.807, 2.05) is 19.1 Å². The molecule has 3 rings (SSSR count). The van der Waals surface area contributed by atoms with Gasteiger partial charge in [0.1, 0.15) is 8.42 Å². The highest BCUT2D eigenvalue weighted by molar-refractivity contribution is 7.96. The number of thiophene rings is 1. The Balaban J connectivity index is 1.95. The van der Waals surface area contributed by atoms with Crippen LogP contribution in [0.5, 0.6) is 0 Å². The maximum Gasteiger partial charge on any atom is 0.271 e. The number of benzene rings is 1. The van der Waals surface area contributed by atoms with Crippen LogP contribution in [0.1, 0.15) is 19.4 Å². The van der Waals surface area contributed by atoms with Crippen LogP contribution in [-0.4, -0.2) is 48.3 Å². The monoisotopic (exact) mass is 457 g/mol. The molecule has 1 aromatic heterocycles. The van der Waals surface area contributed by atoms with Gasteiger partial charge in [0.25, 0.3) is 20.0 Å². The summed E-state index contributed by atoms with van der Waals surface area (Å²) in [5, 5.41) is 0. The van der Waals surface area contributed by atoms with Crippen molar-refractivity contribution in [1.29, 1.82) is 0 Å². The summed E-state index contributed by atoms with van der Waals surface area (Å²) in [7, 11) is -4.76. The van der Waals surface area contributed by atoms with Crippen molar-refractivity contribution in [3.8, 4) is 0 Å². The van der Waals surface area contributed by atoms with Gasteiger partial charge in [0.2, 0.25) is 0 Å². The van der Waals surface area contributed by atoms with Gasteiger partial charge in [-0.05, 0) is 42.5 Å². The summed E-state index contributed by atoms with van der Waals surface area (Å²) in [6.45, 7) is 8.10. The Morgan fingerprint density at radius 2 is 1.59 bits per heavy atom. The van der Waals surface area contributed by atoms with Crippen LogP contribution in [0.3, 0.4) is 0 Å². The highest BCUT2D eigenvalue weighted by Crippen LogP contribution is 2.37. The van der Waals surface area contributed by atoms with E-state index in [1.54, 1.807) is 6.07 Å². The van der Waals surface area contributed by atoms with E-state index in [2.05, 4.69) is 23.5 Å². The number of para-hydroxylation sites is 1. The van der Waals surface area contributed by atoms with Crippen molar-refractivity contribution >= 4 is 42.8 Å². The molecule has 0 radical (unpaired) electrons. The average molecular weight is 458 g/mol. The normalized spacial score (nSPS) is 20.4. The summed E-state index contributed by atoms with van der Waals surface area (Å²) in [6, 6.07) is 8.19. The van der Waals surface area contributed by atoms with Crippen LogP contribution in [0, 0.1) is 18.8 Å². The van der Waals surface area contributed by atoms with E-state index in [1.165, 1.54) is 26.2 Å². The lowest BCUT2D eigenvalue weighted by molar-refractivity contribution is 0.494. The predicted octanol–water partition coefficient (Wildman–Crippen LogP) is 3.20. The Morgan fingerprint density at radius 3 is 2.17 bits per heavy atom. The zero-order valence-corrected chi connectivity index (χ0v) is 19.7. The van der Waals surface area contributed by atoms with E-state index in [0.717, 1.165) is 40.0 Å². The van der Waals surface area contributed by atoms with Gasteiger partial charge in [-0.2, -0.15) is 0 Å². The van der Waals surface area contributed by atoms with Gasteiger partial charge in [0, 0.05) is 27.2 Å². The Bertz CT molecular complexity index is 1100. The van der Waals surface area contributed by atoms with Crippen molar-refractivity contribution in [3.05, 3.63) is 35.9 Å². The van der Waals surface area contributed by atoms with E-state index in [4.69, 9.17) is 0 Å². The second-order valence-corrected chi connectivity index (χ2v) is 13.2. The highest BCUT2D eigenvalue weighted by Gasteiger charge is 2.30. The molecule has 2 heterocycles. The molecule has 0 spiro atoms. The summed E-state index contributed by atoms with van der Waals surface area (Å²) in [4.78, 5) is 2.22. The predicted molar refractivity (Wildman–Crippen MR) is 118 cm³/mol. The first-order chi connectivity index (χ1) is 13.4. The summed E-state index contributed by atoms with van der Waals surface area (Å²) in [5.74, 6) is 1.05. The van der Waals surface area contributed by atoms with Crippen LogP contribution in [-0.2, 0) is 20.0 Å². The van der Waals surface area contributed by atoms with Crippen molar-refractivity contribution in [2.24, 2.45) is 11.8 Å². The van der Waals surface area contributed by atoms with Crippen molar-refractivity contribution in [1.82, 2.24) is 4.31 Å². The SMILES string of the molecule is Cc1cccc(NS(=O)(=O)c2ccc(S(=O)(=O)N(C)C)s2)c1N1C[C@@H](C)[C@@H](C)C1. The fourth-order valence-corrected chi connectivity index (χ4v) is 7.44. The number of anilines is 2. The van der Waals surface area contributed by atoms with Gasteiger partial charge in [-0.3, -0.25) is 4.72 Å². The number of hydrogen-bond acceptors (Lipinski definition) is 6. The topological polar surface area (TPSA) is 86.8 Å². The fraction of sp³-hybridized carbons (Fsp3) is 0.474. The average Bonchev–Trinajstić information content (AvgIpc) is 3.23. The Morgan fingerprint density at radius 1 is 1.00 bits per heavy atom. The number of aryl methyl sites for hydroxylation is 1. The van der Waals surface area contributed by atoms with E-state index >= 15 is 0 Å². The number of hydrogen-bond donors (Lipinski definition) is 1. The van der Waals surface area contributed by atoms with Gasteiger partial charge in [0.05, 0.1) is 11.4 Å². The molecule has 29 heavy (non-hydrogen) atoms. The maximum atomic E-state index is 13.0. The molecule has 0 unspecified atom stereocenters. The van der Waals surface area contributed by atoms with E-state index in [9.17, 15) is 16.8 Å².